The number of halogens is 4. The van der Waals surface area contributed by atoms with Gasteiger partial charge in [0.2, 0.25) is 0 Å². The van der Waals surface area contributed by atoms with Gasteiger partial charge < -0.3 is 5.32 Å². The van der Waals surface area contributed by atoms with Crippen LogP contribution in [0.2, 0.25) is 5.02 Å². The summed E-state index contributed by atoms with van der Waals surface area (Å²) < 4.78 is 41.9. The van der Waals surface area contributed by atoms with E-state index in [1.165, 1.54) is 6.92 Å². The van der Waals surface area contributed by atoms with Gasteiger partial charge in [0.15, 0.2) is 11.3 Å². The maximum atomic E-state index is 13.4. The van der Waals surface area contributed by atoms with Crippen LogP contribution >= 0.6 is 22.9 Å². The van der Waals surface area contributed by atoms with Gasteiger partial charge in [-0.15, -0.1) is 11.3 Å². The topological polar surface area (TPSA) is 72.2 Å². The number of anilines is 1. The number of aromatic nitrogens is 4. The molecular formula is C23H15ClF3N5OS. The highest BCUT2D eigenvalue weighted by Gasteiger charge is 2.36. The zero-order valence-electron chi connectivity index (χ0n) is 17.7. The molecule has 0 radical (unpaired) electrons. The third-order valence-corrected chi connectivity index (χ3v) is 6.52. The molecule has 0 spiro atoms. The van der Waals surface area contributed by atoms with Crippen molar-refractivity contribution in [1.29, 1.82) is 0 Å². The van der Waals surface area contributed by atoms with Gasteiger partial charge in [-0.2, -0.15) is 18.3 Å². The highest BCUT2D eigenvalue weighted by Crippen LogP contribution is 2.33. The van der Waals surface area contributed by atoms with Crippen molar-refractivity contribution in [1.82, 2.24) is 19.6 Å². The minimum absolute atomic E-state index is 0.106. The molecule has 0 bridgehead atoms. The van der Waals surface area contributed by atoms with E-state index < -0.39 is 17.8 Å². The number of benzene rings is 2. The lowest BCUT2D eigenvalue weighted by atomic mass is 10.2. The van der Waals surface area contributed by atoms with Crippen LogP contribution in [0.15, 0.2) is 48.5 Å². The molecule has 172 valence electrons. The molecule has 0 saturated carbocycles. The summed E-state index contributed by atoms with van der Waals surface area (Å²) in [5, 5.41) is 6.99. The van der Waals surface area contributed by atoms with Crippen LogP contribution in [0.1, 0.15) is 27.4 Å². The molecule has 5 aromatic rings. The third kappa shape index (κ3) is 3.99. The number of hydrogen-bond acceptors (Lipinski definition) is 5. The average Bonchev–Trinajstić information content (AvgIpc) is 3.34. The summed E-state index contributed by atoms with van der Waals surface area (Å²) in [6, 6.07) is 13.9. The smallest absolute Gasteiger partial charge is 0.321 e. The lowest BCUT2D eigenvalue weighted by Gasteiger charge is -2.09. The zero-order valence-corrected chi connectivity index (χ0v) is 19.3. The van der Waals surface area contributed by atoms with Crippen LogP contribution in [0.3, 0.4) is 0 Å². The van der Waals surface area contributed by atoms with Gasteiger partial charge in [0.05, 0.1) is 10.2 Å². The summed E-state index contributed by atoms with van der Waals surface area (Å²) in [5.74, 6) is -0.746. The Morgan fingerprint density at radius 2 is 1.79 bits per heavy atom. The van der Waals surface area contributed by atoms with Gasteiger partial charge >= 0.3 is 6.18 Å². The second-order valence-corrected chi connectivity index (χ2v) is 9.11. The first-order chi connectivity index (χ1) is 16.1. The number of carbonyl (C=O) groups excluding carboxylic acids is 1. The van der Waals surface area contributed by atoms with Crippen molar-refractivity contribution in [3.63, 3.8) is 0 Å². The maximum absolute atomic E-state index is 13.4. The number of amides is 1. The van der Waals surface area contributed by atoms with Gasteiger partial charge in [-0.1, -0.05) is 17.7 Å². The van der Waals surface area contributed by atoms with Gasteiger partial charge in [-0.25, -0.2) is 14.5 Å². The molecule has 0 saturated heterocycles. The summed E-state index contributed by atoms with van der Waals surface area (Å²) in [6.45, 7) is 3.43. The number of fused-ring (bicyclic) bond motifs is 2. The fourth-order valence-electron chi connectivity index (χ4n) is 3.50. The first-order valence-electron chi connectivity index (χ1n) is 10.0. The maximum Gasteiger partial charge on any atom is 0.433 e. The standard InChI is InChI=1S/C23H15ClF3N5OS/c1-11-3-8-15-16(9-11)34-22(30-15)13-4-6-14(7-5-13)29-21(33)19-18(24)20-28-12(2)10-17(23(25,26)27)32(20)31-19/h3-10H,1-2H3,(H,29,33). The van der Waals surface area contributed by atoms with Crippen molar-refractivity contribution in [2.24, 2.45) is 0 Å². The Bertz CT molecular complexity index is 1570. The number of nitrogens with one attached hydrogen (secondary N) is 1. The normalized spacial score (nSPS) is 11.9. The zero-order chi connectivity index (χ0) is 24.2. The van der Waals surface area contributed by atoms with Crippen LogP contribution in [0.4, 0.5) is 18.9 Å². The molecule has 3 aromatic heterocycles. The molecule has 0 unspecified atom stereocenters. The second-order valence-electron chi connectivity index (χ2n) is 7.70. The summed E-state index contributed by atoms with van der Waals surface area (Å²) in [4.78, 5) is 21.4. The van der Waals surface area contributed by atoms with E-state index in [0.717, 1.165) is 32.4 Å². The van der Waals surface area contributed by atoms with Gasteiger partial charge in [0, 0.05) is 16.9 Å². The molecule has 0 aliphatic rings. The minimum atomic E-state index is -4.69. The quantitative estimate of drug-likeness (QED) is 0.304. The minimum Gasteiger partial charge on any atom is -0.321 e. The van der Waals surface area contributed by atoms with Crippen LogP contribution in [0, 0.1) is 13.8 Å². The van der Waals surface area contributed by atoms with Crippen molar-refractivity contribution in [3.8, 4) is 10.6 Å². The van der Waals surface area contributed by atoms with Gasteiger partial charge in [0.1, 0.15) is 15.7 Å². The van der Waals surface area contributed by atoms with Crippen LogP contribution in [-0.2, 0) is 6.18 Å². The molecule has 5 rings (SSSR count). The van der Waals surface area contributed by atoms with Crippen LogP contribution in [0.5, 0.6) is 0 Å². The average molecular weight is 502 g/mol. The van der Waals surface area contributed by atoms with Gasteiger partial charge in [0.25, 0.3) is 5.91 Å². The number of thiazole rings is 1. The molecule has 34 heavy (non-hydrogen) atoms. The fourth-order valence-corrected chi connectivity index (χ4v) is 4.82. The molecule has 6 nitrogen and oxygen atoms in total. The van der Waals surface area contributed by atoms with E-state index in [-0.39, 0.29) is 22.1 Å². The Labute approximate surface area is 200 Å². The van der Waals surface area contributed by atoms with Crippen molar-refractivity contribution >= 4 is 50.4 Å². The SMILES string of the molecule is Cc1ccc2nc(-c3ccc(NC(=O)c4nn5c(C(F)(F)F)cc(C)nc5c4Cl)cc3)sc2c1. The van der Waals surface area contributed by atoms with E-state index in [1.807, 2.05) is 19.1 Å². The number of rotatable bonds is 3. The number of aryl methyl sites for hydroxylation is 2. The van der Waals surface area contributed by atoms with E-state index in [0.29, 0.717) is 10.2 Å². The summed E-state index contributed by atoms with van der Waals surface area (Å²) >= 11 is 7.75. The van der Waals surface area contributed by atoms with Gasteiger partial charge in [-0.05, 0) is 61.9 Å². The van der Waals surface area contributed by atoms with E-state index in [4.69, 9.17) is 11.6 Å². The largest absolute Gasteiger partial charge is 0.433 e. The number of nitrogens with zero attached hydrogens (tertiary/aromatic N) is 4. The molecule has 0 aliphatic carbocycles. The molecule has 0 atom stereocenters. The molecule has 2 aromatic carbocycles. The predicted octanol–water partition coefficient (Wildman–Crippen LogP) is 6.55. The third-order valence-electron chi connectivity index (χ3n) is 5.10. The summed E-state index contributed by atoms with van der Waals surface area (Å²) in [7, 11) is 0. The molecular weight excluding hydrogens is 487 g/mol. The Morgan fingerprint density at radius 1 is 1.06 bits per heavy atom. The summed E-state index contributed by atoms with van der Waals surface area (Å²) in [5.41, 5.74) is 1.82. The molecule has 3 heterocycles. The van der Waals surface area contributed by atoms with E-state index in [2.05, 4.69) is 26.4 Å². The number of alkyl halides is 3. The number of hydrogen-bond donors (Lipinski definition) is 1. The molecule has 1 N–H and O–H groups in total. The first kappa shape index (κ1) is 22.3. The highest BCUT2D eigenvalue weighted by atomic mass is 35.5. The van der Waals surface area contributed by atoms with E-state index in [1.54, 1.807) is 35.6 Å². The lowest BCUT2D eigenvalue weighted by molar-refractivity contribution is -0.142. The molecule has 0 aliphatic heterocycles. The molecule has 0 fully saturated rings. The molecule has 11 heteroatoms. The summed E-state index contributed by atoms with van der Waals surface area (Å²) in [6.07, 6.45) is -4.69. The van der Waals surface area contributed by atoms with Crippen LogP contribution < -0.4 is 5.32 Å². The number of carbonyl (C=O) groups is 1. The first-order valence-corrected chi connectivity index (χ1v) is 11.2. The lowest BCUT2D eigenvalue weighted by Crippen LogP contribution is -2.15. The van der Waals surface area contributed by atoms with E-state index >= 15 is 0 Å². The van der Waals surface area contributed by atoms with Crippen molar-refractivity contribution in [2.75, 3.05) is 5.32 Å². The Balaban J connectivity index is 1.42. The highest BCUT2D eigenvalue weighted by molar-refractivity contribution is 7.21. The van der Waals surface area contributed by atoms with Gasteiger partial charge in [-0.3, -0.25) is 4.79 Å². The van der Waals surface area contributed by atoms with E-state index in [9.17, 15) is 18.0 Å². The molecule has 1 amide bonds. The van der Waals surface area contributed by atoms with Crippen LogP contribution in [0.25, 0.3) is 26.4 Å². The van der Waals surface area contributed by atoms with Crippen LogP contribution in [-0.4, -0.2) is 25.5 Å². The van der Waals surface area contributed by atoms with Crippen molar-refractivity contribution < 1.29 is 18.0 Å². The Morgan fingerprint density at radius 3 is 2.50 bits per heavy atom. The Hall–Kier alpha value is -3.50. The second kappa shape index (κ2) is 8.07. The fraction of sp³-hybridized carbons (Fsp3) is 0.130. The monoisotopic (exact) mass is 501 g/mol. The predicted molar refractivity (Wildman–Crippen MR) is 125 cm³/mol. The van der Waals surface area contributed by atoms with Crippen molar-refractivity contribution in [3.05, 3.63) is 76.2 Å². The van der Waals surface area contributed by atoms with Crippen molar-refractivity contribution in [2.45, 2.75) is 20.0 Å². The Kier molecular flexibility index (Phi) is 5.29.